The van der Waals surface area contributed by atoms with Crippen LogP contribution in [0.5, 0.6) is 0 Å². The minimum atomic E-state index is 0.306. The number of carbonyl (C=O) groups is 1. The first-order chi connectivity index (χ1) is 8.33. The van der Waals surface area contributed by atoms with Gasteiger partial charge in [-0.15, -0.1) is 11.6 Å². The summed E-state index contributed by atoms with van der Waals surface area (Å²) in [6.07, 6.45) is 10.9. The van der Waals surface area contributed by atoms with Crippen LogP contribution >= 0.6 is 11.6 Å². The quantitative estimate of drug-likeness (QED) is 0.705. The van der Waals surface area contributed by atoms with Gasteiger partial charge in [0.1, 0.15) is 0 Å². The average molecular weight is 258 g/mol. The summed E-state index contributed by atoms with van der Waals surface area (Å²) in [5.74, 6) is 1.28. The van der Waals surface area contributed by atoms with Gasteiger partial charge in [0.25, 0.3) is 0 Å². The average Bonchev–Trinajstić information content (AvgIpc) is 2.90. The molecule has 2 saturated carbocycles. The van der Waals surface area contributed by atoms with Crippen molar-refractivity contribution in [3.05, 3.63) is 0 Å². The summed E-state index contributed by atoms with van der Waals surface area (Å²) in [5.41, 5.74) is 0. The van der Waals surface area contributed by atoms with Gasteiger partial charge in [0.2, 0.25) is 5.91 Å². The van der Waals surface area contributed by atoms with Crippen molar-refractivity contribution in [2.24, 2.45) is 5.92 Å². The summed E-state index contributed by atoms with van der Waals surface area (Å²) in [6, 6.07) is 0.482. The standard InChI is InChI=1S/C14H24ClNO/c15-10-11-16(13-8-2-1-3-9-13)14(17)12-6-4-5-7-12/h12-13H,1-11H2. The molecule has 98 valence electrons. The van der Waals surface area contributed by atoms with Crippen molar-refractivity contribution in [1.82, 2.24) is 4.90 Å². The Labute approximate surface area is 110 Å². The predicted octanol–water partition coefficient (Wildman–Crippen LogP) is 3.58. The summed E-state index contributed by atoms with van der Waals surface area (Å²) in [6.45, 7) is 0.752. The number of hydrogen-bond donors (Lipinski definition) is 0. The topological polar surface area (TPSA) is 20.3 Å². The highest BCUT2D eigenvalue weighted by Crippen LogP contribution is 2.30. The Morgan fingerprint density at radius 2 is 1.59 bits per heavy atom. The lowest BCUT2D eigenvalue weighted by molar-refractivity contribution is -0.138. The molecular formula is C14H24ClNO. The highest BCUT2D eigenvalue weighted by atomic mass is 35.5. The molecule has 0 radical (unpaired) electrons. The molecule has 0 heterocycles. The number of rotatable bonds is 4. The molecule has 2 rings (SSSR count). The summed E-state index contributed by atoms with van der Waals surface area (Å²) in [7, 11) is 0. The third-order valence-corrected chi connectivity index (χ3v) is 4.50. The largest absolute Gasteiger partial charge is 0.338 e. The van der Waals surface area contributed by atoms with Gasteiger partial charge in [-0.3, -0.25) is 4.79 Å². The fourth-order valence-corrected chi connectivity index (χ4v) is 3.55. The predicted molar refractivity (Wildman–Crippen MR) is 71.3 cm³/mol. The van der Waals surface area contributed by atoms with Crippen molar-refractivity contribution in [1.29, 1.82) is 0 Å². The van der Waals surface area contributed by atoms with Crippen molar-refractivity contribution < 1.29 is 4.79 Å². The van der Waals surface area contributed by atoms with Crippen LogP contribution in [0.4, 0.5) is 0 Å². The molecule has 1 amide bonds. The van der Waals surface area contributed by atoms with Gasteiger partial charge in [0.15, 0.2) is 0 Å². The molecule has 0 N–H and O–H groups in total. The van der Waals surface area contributed by atoms with Crippen LogP contribution < -0.4 is 0 Å². The van der Waals surface area contributed by atoms with Crippen molar-refractivity contribution in [3.8, 4) is 0 Å². The van der Waals surface area contributed by atoms with Gasteiger partial charge in [-0.2, -0.15) is 0 Å². The van der Waals surface area contributed by atoms with E-state index in [0.717, 1.165) is 19.4 Å². The molecular weight excluding hydrogens is 234 g/mol. The number of alkyl halides is 1. The minimum absolute atomic E-state index is 0.306. The third kappa shape index (κ3) is 3.37. The molecule has 0 aromatic heterocycles. The molecule has 3 heteroatoms. The first-order valence-electron chi connectivity index (χ1n) is 7.19. The van der Waals surface area contributed by atoms with Crippen molar-refractivity contribution in [2.45, 2.75) is 63.8 Å². The van der Waals surface area contributed by atoms with Gasteiger partial charge < -0.3 is 4.90 Å². The molecule has 17 heavy (non-hydrogen) atoms. The Morgan fingerprint density at radius 3 is 2.18 bits per heavy atom. The van der Waals surface area contributed by atoms with E-state index < -0.39 is 0 Å². The Kier molecular flexibility index (Phi) is 5.15. The normalized spacial score (nSPS) is 22.9. The second kappa shape index (κ2) is 6.63. The van der Waals surface area contributed by atoms with Crippen molar-refractivity contribution in [2.75, 3.05) is 12.4 Å². The van der Waals surface area contributed by atoms with Gasteiger partial charge in [0.05, 0.1) is 0 Å². The number of amides is 1. The van der Waals surface area contributed by atoms with Gasteiger partial charge in [-0.05, 0) is 25.7 Å². The lowest BCUT2D eigenvalue weighted by Crippen LogP contribution is -2.45. The van der Waals surface area contributed by atoms with Crippen molar-refractivity contribution in [3.63, 3.8) is 0 Å². The number of nitrogens with zero attached hydrogens (tertiary/aromatic N) is 1. The van der Waals surface area contributed by atoms with Gasteiger partial charge in [0, 0.05) is 24.4 Å². The third-order valence-electron chi connectivity index (χ3n) is 4.33. The molecule has 0 saturated heterocycles. The molecule has 0 unspecified atom stereocenters. The molecule has 2 aliphatic rings. The van der Waals surface area contributed by atoms with E-state index in [0.29, 0.717) is 23.7 Å². The van der Waals surface area contributed by atoms with E-state index in [1.165, 1.54) is 44.9 Å². The zero-order chi connectivity index (χ0) is 12.1. The van der Waals surface area contributed by atoms with E-state index >= 15 is 0 Å². The zero-order valence-corrected chi connectivity index (χ0v) is 11.4. The first-order valence-corrected chi connectivity index (χ1v) is 7.73. The fourth-order valence-electron chi connectivity index (χ4n) is 3.36. The maximum absolute atomic E-state index is 12.5. The molecule has 2 fully saturated rings. The molecule has 2 nitrogen and oxygen atoms in total. The van der Waals surface area contributed by atoms with E-state index in [1.807, 2.05) is 0 Å². The molecule has 0 aromatic carbocycles. The molecule has 0 atom stereocenters. The lowest BCUT2D eigenvalue weighted by Gasteiger charge is -2.35. The summed E-state index contributed by atoms with van der Waals surface area (Å²) in [4.78, 5) is 14.6. The Hall–Kier alpha value is -0.240. The second-order valence-electron chi connectivity index (χ2n) is 5.49. The maximum atomic E-state index is 12.5. The van der Waals surface area contributed by atoms with E-state index in [9.17, 15) is 4.79 Å². The smallest absolute Gasteiger partial charge is 0.225 e. The molecule has 0 spiro atoms. The highest BCUT2D eigenvalue weighted by Gasteiger charge is 2.31. The second-order valence-corrected chi connectivity index (χ2v) is 5.87. The van der Waals surface area contributed by atoms with Gasteiger partial charge in [-0.25, -0.2) is 0 Å². The van der Waals surface area contributed by atoms with Crippen LogP contribution in [0.2, 0.25) is 0 Å². The van der Waals surface area contributed by atoms with Crippen molar-refractivity contribution >= 4 is 17.5 Å². The van der Waals surface area contributed by atoms with E-state index in [2.05, 4.69) is 4.90 Å². The zero-order valence-electron chi connectivity index (χ0n) is 10.7. The first kappa shape index (κ1) is 13.2. The molecule has 2 aliphatic carbocycles. The van der Waals surface area contributed by atoms with E-state index in [1.54, 1.807) is 0 Å². The van der Waals surface area contributed by atoms with E-state index in [4.69, 9.17) is 11.6 Å². The fraction of sp³-hybridized carbons (Fsp3) is 0.929. The highest BCUT2D eigenvalue weighted by molar-refractivity contribution is 6.18. The number of halogens is 1. The Bertz CT molecular complexity index is 245. The summed E-state index contributed by atoms with van der Waals surface area (Å²) < 4.78 is 0. The molecule has 0 bridgehead atoms. The van der Waals surface area contributed by atoms with Crippen LogP contribution in [0.15, 0.2) is 0 Å². The summed E-state index contributed by atoms with van der Waals surface area (Å²) >= 11 is 5.87. The molecule has 0 aliphatic heterocycles. The van der Waals surface area contributed by atoms with E-state index in [-0.39, 0.29) is 0 Å². The van der Waals surface area contributed by atoms with Crippen LogP contribution in [-0.2, 0) is 4.79 Å². The maximum Gasteiger partial charge on any atom is 0.225 e. The minimum Gasteiger partial charge on any atom is -0.338 e. The van der Waals surface area contributed by atoms with Gasteiger partial charge >= 0.3 is 0 Å². The van der Waals surface area contributed by atoms with Crippen LogP contribution in [0.1, 0.15) is 57.8 Å². The van der Waals surface area contributed by atoms with Crippen LogP contribution in [0.25, 0.3) is 0 Å². The number of carbonyl (C=O) groups excluding carboxylic acids is 1. The molecule has 0 aromatic rings. The SMILES string of the molecule is O=C(C1CCCC1)N(CCCl)C1CCCCC1. The number of hydrogen-bond acceptors (Lipinski definition) is 1. The Balaban J connectivity index is 1.96. The lowest BCUT2D eigenvalue weighted by atomic mass is 9.93. The van der Waals surface area contributed by atoms with Gasteiger partial charge in [-0.1, -0.05) is 32.1 Å². The van der Waals surface area contributed by atoms with Crippen LogP contribution in [-0.4, -0.2) is 29.3 Å². The summed E-state index contributed by atoms with van der Waals surface area (Å²) in [5, 5.41) is 0. The monoisotopic (exact) mass is 257 g/mol. The Morgan fingerprint density at radius 1 is 1.00 bits per heavy atom. The van der Waals surface area contributed by atoms with Crippen LogP contribution in [0.3, 0.4) is 0 Å². The van der Waals surface area contributed by atoms with Crippen LogP contribution in [0, 0.1) is 5.92 Å².